The molecule has 5 heteroatoms. The molecule has 0 unspecified atom stereocenters. The van der Waals surface area contributed by atoms with Gasteiger partial charge in [0.1, 0.15) is 11.3 Å². The van der Waals surface area contributed by atoms with Gasteiger partial charge in [0.15, 0.2) is 0 Å². The number of urea groups is 1. The van der Waals surface area contributed by atoms with Gasteiger partial charge in [-0.25, -0.2) is 4.79 Å². The van der Waals surface area contributed by atoms with Gasteiger partial charge in [-0.3, -0.25) is 0 Å². The predicted molar refractivity (Wildman–Crippen MR) is 94.1 cm³/mol. The molecule has 6 atom stereocenters. The number of furan rings is 1. The minimum atomic E-state index is -0.349. The summed E-state index contributed by atoms with van der Waals surface area (Å²) in [7, 11) is 0. The quantitative estimate of drug-likeness (QED) is 0.882. The maximum absolute atomic E-state index is 12.9. The van der Waals surface area contributed by atoms with Gasteiger partial charge in [0, 0.05) is 17.5 Å². The second kappa shape index (κ2) is 5.24. The highest BCUT2D eigenvalue weighted by Crippen LogP contribution is 2.54. The first-order valence-electron chi connectivity index (χ1n) is 9.28. The van der Waals surface area contributed by atoms with E-state index in [1.807, 2.05) is 43.0 Å². The molecule has 1 aromatic carbocycles. The Hall–Kier alpha value is -2.01. The molecule has 2 bridgehead atoms. The number of hydrogen-bond acceptors (Lipinski definition) is 3. The Morgan fingerprint density at radius 2 is 2.12 bits per heavy atom. The molecule has 25 heavy (non-hydrogen) atoms. The van der Waals surface area contributed by atoms with Gasteiger partial charge in [-0.2, -0.15) is 0 Å². The van der Waals surface area contributed by atoms with E-state index in [4.69, 9.17) is 4.42 Å². The summed E-state index contributed by atoms with van der Waals surface area (Å²) in [5.74, 6) is 2.27. The van der Waals surface area contributed by atoms with Crippen molar-refractivity contribution >= 4 is 17.0 Å². The second-order valence-corrected chi connectivity index (χ2v) is 8.05. The number of likely N-dealkylation sites (tertiary alicyclic amines) is 1. The molecule has 0 radical (unpaired) electrons. The lowest BCUT2D eigenvalue weighted by Gasteiger charge is -2.29. The molecule has 5 nitrogen and oxygen atoms in total. The van der Waals surface area contributed by atoms with Gasteiger partial charge >= 0.3 is 6.03 Å². The van der Waals surface area contributed by atoms with E-state index in [9.17, 15) is 9.90 Å². The van der Waals surface area contributed by atoms with Crippen LogP contribution in [0.15, 0.2) is 28.7 Å². The van der Waals surface area contributed by atoms with E-state index < -0.39 is 0 Å². The first-order valence-corrected chi connectivity index (χ1v) is 9.28. The molecule has 3 aliphatic rings. The third kappa shape index (κ3) is 2.08. The van der Waals surface area contributed by atoms with E-state index >= 15 is 0 Å². The summed E-state index contributed by atoms with van der Waals surface area (Å²) in [4.78, 5) is 14.7. The molecule has 2 aliphatic carbocycles. The topological polar surface area (TPSA) is 65.7 Å². The number of nitrogens with zero attached hydrogens (tertiary/aromatic N) is 1. The largest absolute Gasteiger partial charge is 0.459 e. The Labute approximate surface area is 147 Å². The van der Waals surface area contributed by atoms with Crippen LogP contribution in [0.25, 0.3) is 11.0 Å². The van der Waals surface area contributed by atoms with Crippen LogP contribution in [0.1, 0.15) is 37.1 Å². The summed E-state index contributed by atoms with van der Waals surface area (Å²) < 4.78 is 5.98. The Balaban J connectivity index is 1.36. The molecule has 3 fully saturated rings. The van der Waals surface area contributed by atoms with Gasteiger partial charge in [0.05, 0.1) is 18.2 Å². The third-order valence-electron chi connectivity index (χ3n) is 6.72. The highest BCUT2D eigenvalue weighted by atomic mass is 16.3. The second-order valence-electron chi connectivity index (χ2n) is 8.05. The van der Waals surface area contributed by atoms with Crippen molar-refractivity contribution in [3.8, 4) is 0 Å². The van der Waals surface area contributed by atoms with Gasteiger partial charge in [-0.15, -0.1) is 0 Å². The average Bonchev–Trinajstić information content (AvgIpc) is 3.29. The van der Waals surface area contributed by atoms with Crippen LogP contribution in [-0.2, 0) is 0 Å². The summed E-state index contributed by atoms with van der Waals surface area (Å²) in [6, 6.07) is 7.67. The summed E-state index contributed by atoms with van der Waals surface area (Å²) >= 11 is 0. The van der Waals surface area contributed by atoms with Gasteiger partial charge in [0.2, 0.25) is 0 Å². The fraction of sp³-hybridized carbons (Fsp3) is 0.550. The standard InChI is InChI=1S/C20H24N2O3/c1-10-14-5-3-4-6-16(14)25-19(10)11(2)21-20(24)22-9-13-7-12-8-15(13)17(22)18(12)23/h3-6,11-13,15,17-18,23H,7-9H2,1-2H3,(H,21,24)/t11-,12+,13+,15-,17-,18+/m1/s1. The van der Waals surface area contributed by atoms with Crippen LogP contribution in [0.5, 0.6) is 0 Å². The lowest BCUT2D eigenvalue weighted by Crippen LogP contribution is -2.48. The molecule has 2 N–H and O–H groups in total. The molecule has 0 spiro atoms. The molecule has 2 amide bonds. The smallest absolute Gasteiger partial charge is 0.318 e. The van der Waals surface area contributed by atoms with Crippen LogP contribution in [0.3, 0.4) is 0 Å². The number of fused-ring (bicyclic) bond motifs is 2. The van der Waals surface area contributed by atoms with Crippen molar-refractivity contribution in [3.05, 3.63) is 35.6 Å². The minimum Gasteiger partial charge on any atom is -0.459 e. The zero-order valence-corrected chi connectivity index (χ0v) is 14.6. The highest BCUT2D eigenvalue weighted by Gasteiger charge is 2.60. The predicted octanol–water partition coefficient (Wildman–Crippen LogP) is 3.21. The molecular weight excluding hydrogens is 316 g/mol. The number of carbonyl (C=O) groups excluding carboxylic acids is 1. The number of aliphatic hydroxyl groups excluding tert-OH is 1. The molecule has 2 saturated carbocycles. The summed E-state index contributed by atoms with van der Waals surface area (Å²) in [6.45, 7) is 4.77. The van der Waals surface area contributed by atoms with Gasteiger partial charge in [-0.1, -0.05) is 18.2 Å². The van der Waals surface area contributed by atoms with E-state index in [-0.39, 0.29) is 24.2 Å². The van der Waals surface area contributed by atoms with Crippen LogP contribution >= 0.6 is 0 Å². The van der Waals surface area contributed by atoms with Crippen molar-refractivity contribution in [1.82, 2.24) is 10.2 Å². The van der Waals surface area contributed by atoms with Crippen molar-refractivity contribution in [2.75, 3.05) is 6.54 Å². The normalized spacial score (nSPS) is 34.0. The zero-order chi connectivity index (χ0) is 17.3. The molecular formula is C20H24N2O3. The first kappa shape index (κ1) is 15.3. The van der Waals surface area contributed by atoms with Crippen molar-refractivity contribution in [2.45, 2.75) is 44.9 Å². The number of amides is 2. The molecule has 2 aromatic rings. The maximum Gasteiger partial charge on any atom is 0.318 e. The van der Waals surface area contributed by atoms with Crippen LogP contribution in [-0.4, -0.2) is 34.7 Å². The first-order chi connectivity index (χ1) is 12.0. The Morgan fingerprint density at radius 3 is 2.88 bits per heavy atom. The monoisotopic (exact) mass is 340 g/mol. The van der Waals surface area contributed by atoms with E-state index in [1.54, 1.807) is 0 Å². The SMILES string of the molecule is Cc1c([C@@H](C)NC(=O)N2C[C@@H]3C[C@H]4C[C@H]3[C@@H]2[C@H]4O)oc2ccccc12. The fourth-order valence-corrected chi connectivity index (χ4v) is 5.59. The van der Waals surface area contributed by atoms with Crippen molar-refractivity contribution < 1.29 is 14.3 Å². The molecule has 2 heterocycles. The zero-order valence-electron chi connectivity index (χ0n) is 14.6. The van der Waals surface area contributed by atoms with E-state index in [0.717, 1.165) is 41.7 Å². The molecule has 1 saturated heterocycles. The van der Waals surface area contributed by atoms with Crippen molar-refractivity contribution in [2.24, 2.45) is 17.8 Å². The molecule has 132 valence electrons. The Kier molecular flexibility index (Phi) is 3.20. The van der Waals surface area contributed by atoms with Crippen LogP contribution in [0, 0.1) is 24.7 Å². The minimum absolute atomic E-state index is 0.00715. The maximum atomic E-state index is 12.9. The Bertz CT molecular complexity index is 843. The third-order valence-corrected chi connectivity index (χ3v) is 6.72. The lowest BCUT2D eigenvalue weighted by atomic mass is 9.88. The number of aliphatic hydroxyl groups is 1. The van der Waals surface area contributed by atoms with Crippen LogP contribution in [0.4, 0.5) is 4.79 Å². The number of carbonyl (C=O) groups is 1. The highest BCUT2D eigenvalue weighted by molar-refractivity contribution is 5.82. The summed E-state index contributed by atoms with van der Waals surface area (Å²) in [5, 5.41) is 14.7. The molecule has 5 rings (SSSR count). The van der Waals surface area contributed by atoms with Gasteiger partial charge in [0.25, 0.3) is 0 Å². The summed E-state index contributed by atoms with van der Waals surface area (Å²) in [5.41, 5.74) is 1.93. The van der Waals surface area contributed by atoms with E-state index in [1.165, 1.54) is 0 Å². The number of aryl methyl sites for hydroxylation is 1. The number of nitrogens with one attached hydrogen (secondary N) is 1. The number of benzene rings is 1. The van der Waals surface area contributed by atoms with Crippen LogP contribution in [0.2, 0.25) is 0 Å². The summed E-state index contributed by atoms with van der Waals surface area (Å²) in [6.07, 6.45) is 1.81. The fourth-order valence-electron chi connectivity index (χ4n) is 5.59. The van der Waals surface area contributed by atoms with Crippen LogP contribution < -0.4 is 5.32 Å². The molecule has 1 aliphatic heterocycles. The number of hydrogen-bond donors (Lipinski definition) is 2. The van der Waals surface area contributed by atoms with E-state index in [0.29, 0.717) is 17.8 Å². The number of para-hydroxylation sites is 1. The average molecular weight is 340 g/mol. The van der Waals surface area contributed by atoms with Crippen molar-refractivity contribution in [1.29, 1.82) is 0 Å². The van der Waals surface area contributed by atoms with Gasteiger partial charge < -0.3 is 19.7 Å². The molecule has 1 aromatic heterocycles. The lowest BCUT2D eigenvalue weighted by molar-refractivity contribution is 0.0604. The van der Waals surface area contributed by atoms with E-state index in [2.05, 4.69) is 5.32 Å². The van der Waals surface area contributed by atoms with Crippen molar-refractivity contribution in [3.63, 3.8) is 0 Å². The Morgan fingerprint density at radius 1 is 1.32 bits per heavy atom. The number of rotatable bonds is 2. The van der Waals surface area contributed by atoms with Gasteiger partial charge in [-0.05, 0) is 50.5 Å².